The molecule has 5 heteroatoms. The highest BCUT2D eigenvalue weighted by molar-refractivity contribution is 4.78. The van der Waals surface area contributed by atoms with Crippen molar-refractivity contribution in [2.45, 2.75) is 0 Å². The summed E-state index contributed by atoms with van der Waals surface area (Å²) in [4.78, 5) is 0. The molecular weight excluding hydrogens is 106 g/mol. The van der Waals surface area contributed by atoms with Crippen LogP contribution in [0.2, 0.25) is 0 Å². The van der Waals surface area contributed by atoms with Crippen LogP contribution in [0.5, 0.6) is 0 Å². The van der Waals surface area contributed by atoms with Gasteiger partial charge in [-0.2, -0.15) is 0 Å². The molecule has 5 N–H and O–H groups in total. The number of nitrogens with two attached hydrogens (primary N) is 2. The summed E-state index contributed by atoms with van der Waals surface area (Å²) in [7, 11) is 0. The summed E-state index contributed by atoms with van der Waals surface area (Å²) in [5, 5.41) is 2.84. The molecule has 0 aromatic carbocycles. The van der Waals surface area contributed by atoms with Crippen molar-refractivity contribution in [2.75, 3.05) is 6.67 Å². The number of rotatable bonds is 0. The zero-order valence-electron chi connectivity index (χ0n) is 4.41. The first-order chi connectivity index (χ1) is 3.79. The van der Waals surface area contributed by atoms with Gasteiger partial charge in [-0.1, -0.05) is 0 Å². The van der Waals surface area contributed by atoms with Crippen LogP contribution in [0.3, 0.4) is 0 Å². The molecule has 0 saturated carbocycles. The summed E-state index contributed by atoms with van der Waals surface area (Å²) in [6.45, 7) is 0.497. The lowest BCUT2D eigenvalue weighted by atomic mass is 10.8. The minimum atomic E-state index is 0.497. The van der Waals surface area contributed by atoms with E-state index in [0.717, 1.165) is 0 Å². The highest BCUT2D eigenvalue weighted by atomic mass is 15.7. The van der Waals surface area contributed by atoms with Gasteiger partial charge in [0.1, 0.15) is 6.67 Å². The van der Waals surface area contributed by atoms with Gasteiger partial charge in [0.25, 0.3) is 0 Å². The van der Waals surface area contributed by atoms with E-state index in [1.807, 2.05) is 0 Å². The van der Waals surface area contributed by atoms with Crippen molar-refractivity contribution in [1.82, 2.24) is 15.6 Å². The van der Waals surface area contributed by atoms with E-state index in [2.05, 4.69) is 5.43 Å². The Bertz CT molecular complexity index is 99.8. The van der Waals surface area contributed by atoms with Gasteiger partial charge in [0.2, 0.25) is 0 Å². The Morgan fingerprint density at radius 3 is 2.62 bits per heavy atom. The third-order valence-electron chi connectivity index (χ3n) is 0.822. The summed E-state index contributed by atoms with van der Waals surface area (Å²) < 4.78 is 0. The molecule has 0 spiro atoms. The lowest BCUT2D eigenvalue weighted by Gasteiger charge is -2.25. The summed E-state index contributed by atoms with van der Waals surface area (Å²) in [6, 6.07) is 0. The molecule has 0 radical (unpaired) electrons. The first-order valence-electron chi connectivity index (χ1n) is 2.25. The number of hydrazine groups is 3. The van der Waals surface area contributed by atoms with Gasteiger partial charge in [-0.3, -0.25) is 5.01 Å². The van der Waals surface area contributed by atoms with E-state index < -0.39 is 0 Å². The number of nitrogens with one attached hydrogen (secondary N) is 1. The van der Waals surface area contributed by atoms with Crippen LogP contribution in [0.15, 0.2) is 12.4 Å². The fourth-order valence-corrected chi connectivity index (χ4v) is 0.489. The molecule has 0 saturated heterocycles. The van der Waals surface area contributed by atoms with E-state index in [9.17, 15) is 0 Å². The van der Waals surface area contributed by atoms with Crippen LogP contribution in [-0.2, 0) is 0 Å². The summed E-state index contributed by atoms with van der Waals surface area (Å²) in [5.41, 5.74) is 2.72. The first-order valence-corrected chi connectivity index (χ1v) is 2.25. The molecule has 8 heavy (non-hydrogen) atoms. The van der Waals surface area contributed by atoms with Gasteiger partial charge in [-0.25, -0.2) is 11.7 Å². The van der Waals surface area contributed by atoms with E-state index in [0.29, 0.717) is 6.67 Å². The Kier molecular flexibility index (Phi) is 1.34. The highest BCUT2D eigenvalue weighted by Gasteiger charge is 2.01. The number of hydrogen-bond donors (Lipinski definition) is 3. The molecule has 1 aliphatic heterocycles. The fourth-order valence-electron chi connectivity index (χ4n) is 0.489. The van der Waals surface area contributed by atoms with Gasteiger partial charge in [-0.15, -0.1) is 5.12 Å². The minimum Gasteiger partial charge on any atom is -0.310 e. The van der Waals surface area contributed by atoms with Crippen LogP contribution in [0.1, 0.15) is 0 Å². The van der Waals surface area contributed by atoms with Gasteiger partial charge in [0, 0.05) is 12.4 Å². The van der Waals surface area contributed by atoms with Crippen LogP contribution in [-0.4, -0.2) is 16.8 Å². The van der Waals surface area contributed by atoms with E-state index in [4.69, 9.17) is 11.7 Å². The Balaban J connectivity index is 2.42. The second-order valence-corrected chi connectivity index (χ2v) is 1.57. The van der Waals surface area contributed by atoms with E-state index in [1.165, 1.54) is 10.1 Å². The standard InChI is InChI=1S/C3H9N5/c4-7-2-1-6-8(5)3-7/h1-2,6H,3-5H2. The van der Waals surface area contributed by atoms with E-state index in [1.54, 1.807) is 12.4 Å². The van der Waals surface area contributed by atoms with Crippen molar-refractivity contribution in [3.05, 3.63) is 12.4 Å². The maximum absolute atomic E-state index is 5.31. The maximum Gasteiger partial charge on any atom is 0.118 e. The molecule has 46 valence electrons. The lowest BCUT2D eigenvalue weighted by Crippen LogP contribution is -2.51. The maximum atomic E-state index is 5.31. The van der Waals surface area contributed by atoms with E-state index in [-0.39, 0.29) is 0 Å². The average molecular weight is 115 g/mol. The molecule has 1 aliphatic rings. The van der Waals surface area contributed by atoms with Crippen LogP contribution >= 0.6 is 0 Å². The van der Waals surface area contributed by atoms with Crippen LogP contribution < -0.4 is 17.1 Å². The Morgan fingerprint density at radius 1 is 1.50 bits per heavy atom. The molecule has 0 aromatic heterocycles. The molecule has 1 heterocycles. The quantitative estimate of drug-likeness (QED) is 0.328. The van der Waals surface area contributed by atoms with Gasteiger partial charge in [0.15, 0.2) is 0 Å². The largest absolute Gasteiger partial charge is 0.310 e. The lowest BCUT2D eigenvalue weighted by molar-refractivity contribution is 0.118. The van der Waals surface area contributed by atoms with Gasteiger partial charge in [0.05, 0.1) is 0 Å². The second-order valence-electron chi connectivity index (χ2n) is 1.57. The normalized spacial score (nSPS) is 21.0. The monoisotopic (exact) mass is 115 g/mol. The van der Waals surface area contributed by atoms with Gasteiger partial charge >= 0.3 is 0 Å². The third kappa shape index (κ3) is 1.09. The molecule has 0 unspecified atom stereocenters. The average Bonchev–Trinajstić information content (AvgIpc) is 1.64. The van der Waals surface area contributed by atoms with Crippen LogP contribution in [0, 0.1) is 0 Å². The van der Waals surface area contributed by atoms with Crippen molar-refractivity contribution in [2.24, 2.45) is 11.7 Å². The molecule has 0 aromatic rings. The van der Waals surface area contributed by atoms with Gasteiger partial charge in [-0.05, 0) is 0 Å². The Labute approximate surface area is 47.4 Å². The van der Waals surface area contributed by atoms with Crippen molar-refractivity contribution in [1.29, 1.82) is 0 Å². The summed E-state index contributed by atoms with van der Waals surface area (Å²) >= 11 is 0. The summed E-state index contributed by atoms with van der Waals surface area (Å²) in [6.07, 6.45) is 3.35. The third-order valence-corrected chi connectivity index (χ3v) is 0.822. The summed E-state index contributed by atoms with van der Waals surface area (Å²) in [5.74, 6) is 10.6. The van der Waals surface area contributed by atoms with Gasteiger partial charge < -0.3 is 5.43 Å². The topological polar surface area (TPSA) is 70.5 Å². The van der Waals surface area contributed by atoms with E-state index >= 15 is 0 Å². The predicted molar refractivity (Wildman–Crippen MR) is 29.2 cm³/mol. The van der Waals surface area contributed by atoms with Crippen LogP contribution in [0.4, 0.5) is 0 Å². The fraction of sp³-hybridized carbons (Fsp3) is 0.333. The second kappa shape index (κ2) is 1.99. The molecule has 0 atom stereocenters. The molecule has 5 nitrogen and oxygen atoms in total. The number of nitrogens with zero attached hydrogens (tertiary/aromatic N) is 2. The zero-order chi connectivity index (χ0) is 5.98. The molecule has 0 aliphatic carbocycles. The Hall–Kier alpha value is -0.780. The van der Waals surface area contributed by atoms with Crippen molar-refractivity contribution in [3.8, 4) is 0 Å². The highest BCUT2D eigenvalue weighted by Crippen LogP contribution is 1.85. The van der Waals surface area contributed by atoms with Crippen molar-refractivity contribution < 1.29 is 0 Å². The molecule has 0 amide bonds. The molecule has 1 rings (SSSR count). The van der Waals surface area contributed by atoms with Crippen molar-refractivity contribution in [3.63, 3.8) is 0 Å². The minimum absolute atomic E-state index is 0.497. The van der Waals surface area contributed by atoms with Crippen LogP contribution in [0.25, 0.3) is 0 Å². The Morgan fingerprint density at radius 2 is 2.25 bits per heavy atom. The SMILES string of the molecule is NN1C=CNN(N)C1. The first kappa shape index (κ1) is 5.36. The molecule has 0 bridgehead atoms. The van der Waals surface area contributed by atoms with Crippen molar-refractivity contribution >= 4 is 0 Å². The zero-order valence-corrected chi connectivity index (χ0v) is 4.41. The smallest absolute Gasteiger partial charge is 0.118 e. The predicted octanol–water partition coefficient (Wildman–Crippen LogP) is -1.72. The number of hydrogen-bond acceptors (Lipinski definition) is 5. The molecular formula is C3H9N5. The molecule has 0 fully saturated rings.